The van der Waals surface area contributed by atoms with Crippen molar-refractivity contribution in [2.45, 2.75) is 12.8 Å². The molecule has 0 N–H and O–H groups in total. The molecule has 0 aliphatic carbocycles. The van der Waals surface area contributed by atoms with Gasteiger partial charge in [0.25, 0.3) is 0 Å². The predicted octanol–water partition coefficient (Wildman–Crippen LogP) is 3.99. The molecule has 4 nitrogen and oxygen atoms in total. The zero-order valence-electron chi connectivity index (χ0n) is 12.9. The molecule has 1 fully saturated rings. The van der Waals surface area contributed by atoms with Crippen LogP contribution in [-0.4, -0.2) is 29.7 Å². The van der Waals surface area contributed by atoms with Gasteiger partial charge in [-0.25, -0.2) is 9.97 Å². The number of ether oxygens (including phenoxy) is 1. The molecule has 2 aromatic heterocycles. The molecule has 23 heavy (non-hydrogen) atoms. The number of thiophene rings is 1. The van der Waals surface area contributed by atoms with E-state index in [4.69, 9.17) is 4.74 Å². The molecule has 1 atom stereocenters. The number of rotatable bonds is 4. The Balaban J connectivity index is 1.46. The monoisotopic (exact) mass is 325 g/mol. The summed E-state index contributed by atoms with van der Waals surface area (Å²) in [4.78, 5) is 12.3. The van der Waals surface area contributed by atoms with Crippen LogP contribution in [0.2, 0.25) is 0 Å². The van der Waals surface area contributed by atoms with Gasteiger partial charge in [0.05, 0.1) is 12.0 Å². The molecule has 0 spiro atoms. The first-order valence-electron chi connectivity index (χ1n) is 8.01. The molecule has 1 aromatic carbocycles. The molecular formula is C18H19N3OS. The minimum Gasteiger partial charge on any atom is -0.493 e. The molecule has 0 amide bonds. The van der Waals surface area contributed by atoms with E-state index in [9.17, 15) is 0 Å². The van der Waals surface area contributed by atoms with Crippen LogP contribution in [0.4, 0.5) is 5.82 Å². The number of hydrogen-bond donors (Lipinski definition) is 0. The van der Waals surface area contributed by atoms with Crippen molar-refractivity contribution < 1.29 is 4.74 Å². The second-order valence-electron chi connectivity index (χ2n) is 5.92. The van der Waals surface area contributed by atoms with Crippen LogP contribution in [0.15, 0.2) is 48.1 Å². The Hall–Kier alpha value is -2.14. The van der Waals surface area contributed by atoms with Gasteiger partial charge in [0.15, 0.2) is 0 Å². The lowest BCUT2D eigenvalue weighted by atomic mass is 9.99. The van der Waals surface area contributed by atoms with Crippen LogP contribution in [0.3, 0.4) is 0 Å². The van der Waals surface area contributed by atoms with Crippen molar-refractivity contribution in [2.75, 3.05) is 24.6 Å². The Labute approximate surface area is 139 Å². The van der Waals surface area contributed by atoms with Gasteiger partial charge in [0, 0.05) is 19.0 Å². The summed E-state index contributed by atoms with van der Waals surface area (Å²) in [6, 6.07) is 12.2. The molecular weight excluding hydrogens is 306 g/mol. The van der Waals surface area contributed by atoms with E-state index in [1.807, 2.05) is 30.3 Å². The third-order valence-electron chi connectivity index (χ3n) is 4.29. The molecule has 1 unspecified atom stereocenters. The average molecular weight is 325 g/mol. The highest BCUT2D eigenvalue weighted by Crippen LogP contribution is 2.30. The molecule has 1 aliphatic heterocycles. The zero-order valence-corrected chi connectivity index (χ0v) is 13.7. The lowest BCUT2D eigenvalue weighted by molar-refractivity contribution is 0.228. The third kappa shape index (κ3) is 3.15. The molecule has 3 heterocycles. The second kappa shape index (κ2) is 6.54. The quantitative estimate of drug-likeness (QED) is 0.727. The number of benzene rings is 1. The van der Waals surface area contributed by atoms with Crippen LogP contribution in [-0.2, 0) is 0 Å². The second-order valence-corrected chi connectivity index (χ2v) is 6.81. The highest BCUT2D eigenvalue weighted by atomic mass is 32.1. The van der Waals surface area contributed by atoms with Crippen LogP contribution in [0.25, 0.3) is 10.2 Å². The van der Waals surface area contributed by atoms with E-state index in [-0.39, 0.29) is 0 Å². The summed E-state index contributed by atoms with van der Waals surface area (Å²) >= 11 is 1.67. The first kappa shape index (κ1) is 14.5. The number of hydrogen-bond acceptors (Lipinski definition) is 5. The third-order valence-corrected chi connectivity index (χ3v) is 5.11. The molecule has 1 aliphatic rings. The minimum atomic E-state index is 0.535. The van der Waals surface area contributed by atoms with E-state index < -0.39 is 0 Å². The lowest BCUT2D eigenvalue weighted by Crippen LogP contribution is -2.38. The molecule has 118 valence electrons. The number of anilines is 1. The highest BCUT2D eigenvalue weighted by Gasteiger charge is 2.23. The highest BCUT2D eigenvalue weighted by molar-refractivity contribution is 7.16. The predicted molar refractivity (Wildman–Crippen MR) is 94.3 cm³/mol. The van der Waals surface area contributed by atoms with E-state index in [0.29, 0.717) is 5.92 Å². The molecule has 4 rings (SSSR count). The van der Waals surface area contributed by atoms with Crippen LogP contribution in [0.5, 0.6) is 5.75 Å². The maximum Gasteiger partial charge on any atom is 0.140 e. The van der Waals surface area contributed by atoms with Crippen LogP contribution in [0.1, 0.15) is 12.8 Å². The maximum atomic E-state index is 5.94. The largest absolute Gasteiger partial charge is 0.493 e. The fourth-order valence-corrected chi connectivity index (χ4v) is 3.88. The van der Waals surface area contributed by atoms with E-state index in [0.717, 1.165) is 36.1 Å². The van der Waals surface area contributed by atoms with Crippen molar-refractivity contribution in [3.8, 4) is 5.75 Å². The van der Waals surface area contributed by atoms with Gasteiger partial charge in [-0.15, -0.1) is 11.3 Å². The van der Waals surface area contributed by atoms with Crippen molar-refractivity contribution in [1.82, 2.24) is 9.97 Å². The van der Waals surface area contributed by atoms with Gasteiger partial charge in [0.2, 0.25) is 0 Å². The fraction of sp³-hybridized carbons (Fsp3) is 0.333. The molecule has 0 bridgehead atoms. The number of aromatic nitrogens is 2. The van der Waals surface area contributed by atoms with E-state index in [1.54, 1.807) is 17.7 Å². The van der Waals surface area contributed by atoms with Gasteiger partial charge in [-0.2, -0.15) is 0 Å². The van der Waals surface area contributed by atoms with Gasteiger partial charge < -0.3 is 9.64 Å². The van der Waals surface area contributed by atoms with Crippen LogP contribution < -0.4 is 9.64 Å². The summed E-state index contributed by atoms with van der Waals surface area (Å²) in [6.45, 7) is 2.82. The summed E-state index contributed by atoms with van der Waals surface area (Å²) in [7, 11) is 0. The molecule has 5 heteroatoms. The normalized spacial score (nSPS) is 18.3. The van der Waals surface area contributed by atoms with Crippen molar-refractivity contribution in [1.29, 1.82) is 0 Å². The number of nitrogens with zero attached hydrogens (tertiary/aromatic N) is 3. The van der Waals surface area contributed by atoms with Gasteiger partial charge in [-0.3, -0.25) is 0 Å². The number of piperidine rings is 1. The number of fused-ring (bicyclic) bond motifs is 1. The van der Waals surface area contributed by atoms with Crippen molar-refractivity contribution >= 4 is 27.4 Å². The topological polar surface area (TPSA) is 38.2 Å². The maximum absolute atomic E-state index is 5.94. The average Bonchev–Trinajstić information content (AvgIpc) is 3.10. The van der Waals surface area contributed by atoms with Crippen molar-refractivity contribution in [2.24, 2.45) is 5.92 Å². The first-order valence-corrected chi connectivity index (χ1v) is 8.89. The smallest absolute Gasteiger partial charge is 0.140 e. The van der Waals surface area contributed by atoms with Crippen LogP contribution in [0, 0.1) is 5.92 Å². The van der Waals surface area contributed by atoms with Crippen molar-refractivity contribution in [3.05, 3.63) is 48.1 Å². The van der Waals surface area contributed by atoms with Crippen molar-refractivity contribution in [3.63, 3.8) is 0 Å². The van der Waals surface area contributed by atoms with Gasteiger partial charge in [0.1, 0.15) is 22.7 Å². The van der Waals surface area contributed by atoms with Gasteiger partial charge in [-0.1, -0.05) is 18.2 Å². The lowest BCUT2D eigenvalue weighted by Gasteiger charge is -2.33. The fourth-order valence-electron chi connectivity index (χ4n) is 3.15. The minimum absolute atomic E-state index is 0.535. The summed E-state index contributed by atoms with van der Waals surface area (Å²) in [5.41, 5.74) is 0. The molecule has 0 radical (unpaired) electrons. The Morgan fingerprint density at radius 2 is 2.09 bits per heavy atom. The first-order chi connectivity index (χ1) is 11.4. The molecule has 1 saturated heterocycles. The summed E-state index contributed by atoms with van der Waals surface area (Å²) in [5, 5.41) is 3.25. The molecule has 3 aromatic rings. The standard InChI is InChI=1S/C18H19N3OS/c1-2-6-15(7-3-1)22-12-14-5-4-9-21(11-14)17-16-8-10-23-18(16)20-13-19-17/h1-3,6-8,10,13-14H,4-5,9,11-12H2. The SMILES string of the molecule is c1ccc(OCC2CCCN(c3ncnc4sccc34)C2)cc1. The zero-order chi connectivity index (χ0) is 15.5. The van der Waals surface area contributed by atoms with E-state index in [2.05, 4.69) is 26.3 Å². The Bertz CT molecular complexity index is 774. The van der Waals surface area contributed by atoms with Gasteiger partial charge >= 0.3 is 0 Å². The summed E-state index contributed by atoms with van der Waals surface area (Å²) in [5.74, 6) is 2.56. The van der Waals surface area contributed by atoms with Crippen LogP contribution >= 0.6 is 11.3 Å². The summed E-state index contributed by atoms with van der Waals surface area (Å²) < 4.78 is 5.94. The van der Waals surface area contributed by atoms with E-state index >= 15 is 0 Å². The van der Waals surface area contributed by atoms with Gasteiger partial charge in [-0.05, 0) is 36.4 Å². The summed E-state index contributed by atoms with van der Waals surface area (Å²) in [6.07, 6.45) is 4.07. The Morgan fingerprint density at radius 1 is 1.17 bits per heavy atom. The van der Waals surface area contributed by atoms with E-state index in [1.165, 1.54) is 18.2 Å². The molecule has 0 saturated carbocycles. The number of para-hydroxylation sites is 1. The Morgan fingerprint density at radius 3 is 3.00 bits per heavy atom. The Kier molecular flexibility index (Phi) is 4.11.